The van der Waals surface area contributed by atoms with Crippen LogP contribution in [0.1, 0.15) is 27.0 Å². The third-order valence-electron chi connectivity index (χ3n) is 16.7. The molecule has 13 heterocycles. The maximum absolute atomic E-state index is 11.5. The molecule has 0 spiro atoms. The van der Waals surface area contributed by atoms with E-state index in [4.69, 9.17) is 34.8 Å². The fourth-order valence-electron chi connectivity index (χ4n) is 11.1. The summed E-state index contributed by atoms with van der Waals surface area (Å²) >= 11 is 19.4. The predicted octanol–water partition coefficient (Wildman–Crippen LogP) is 13.4. The largest absolute Gasteiger partial charge is 0.390 e. The fraction of sp³-hybridized carbons (Fsp3) is 0.176. The van der Waals surface area contributed by atoms with Crippen molar-refractivity contribution in [2.45, 2.75) is 41.6 Å². The highest BCUT2D eigenvalue weighted by Gasteiger charge is 2.25. The Morgan fingerprint density at radius 2 is 0.865 bits per heavy atom. The lowest BCUT2D eigenvalue weighted by molar-refractivity contribution is -0.00295. The third-order valence-corrected chi connectivity index (χ3v) is 19.6. The monoisotopic (exact) mass is 1600 g/mol. The molecule has 12 aromatic heterocycles. The number of nitrogens with zero attached hydrogens (tertiary/aromatic N) is 23. The SMILES string of the molecule is CSc1ccnc(Cl)n1.CSc1ccnc(Nc2ccc3c(cnn3C)c2)n1.Cc1cn(-c2ccnc(Nc3ccc4c(cnn4C)c3)n2)cc1C=O.Cc1cn(-c2ccnc(Nc3ccc4c(cnn4C)c3)n2)cc1CN1CC(O)C1.Clc1ccnc(Cl)n1.Cn1ncc2cc(Nc3nccc(S(C)(=O)=O)n3)ccc21. The molecule has 0 saturated carbocycles. The number of fused-ring (bicyclic) bond motifs is 4. The molecular weight excluding hydrogens is 1530 g/mol. The van der Waals surface area contributed by atoms with Crippen LogP contribution in [0.25, 0.3) is 55.2 Å². The highest BCUT2D eigenvalue weighted by atomic mass is 35.5. The number of aliphatic hydroxyl groups is 1. The third kappa shape index (κ3) is 20.9. The van der Waals surface area contributed by atoms with Crippen molar-refractivity contribution >= 4 is 165 Å². The Hall–Kier alpha value is -11.9. The lowest BCUT2D eigenvalue weighted by Crippen LogP contribution is -2.49. The highest BCUT2D eigenvalue weighted by Crippen LogP contribution is 2.28. The zero-order chi connectivity index (χ0) is 78.3. The molecule has 0 radical (unpaired) electrons. The summed E-state index contributed by atoms with van der Waals surface area (Å²) in [5.74, 6) is 3.37. The summed E-state index contributed by atoms with van der Waals surface area (Å²) in [6.07, 6.45) is 30.5. The molecule has 16 aromatic rings. The van der Waals surface area contributed by atoms with Crippen molar-refractivity contribution in [3.63, 3.8) is 0 Å². The number of aromatic nitrogens is 22. The minimum atomic E-state index is -3.35. The van der Waals surface area contributed by atoms with Crippen molar-refractivity contribution in [1.82, 2.24) is 113 Å². The van der Waals surface area contributed by atoms with E-state index in [0.29, 0.717) is 39.7 Å². The Morgan fingerprint density at radius 1 is 0.477 bits per heavy atom. The number of halogens is 3. The summed E-state index contributed by atoms with van der Waals surface area (Å²) < 4.78 is 34.1. The number of rotatable bonds is 16. The van der Waals surface area contributed by atoms with Gasteiger partial charge < -0.3 is 35.5 Å². The number of anilines is 8. The van der Waals surface area contributed by atoms with Crippen molar-refractivity contribution in [2.75, 3.05) is 53.1 Å². The summed E-state index contributed by atoms with van der Waals surface area (Å²) in [6, 6.07) is 34.1. The van der Waals surface area contributed by atoms with E-state index >= 15 is 0 Å². The van der Waals surface area contributed by atoms with Gasteiger partial charge >= 0.3 is 0 Å². The van der Waals surface area contributed by atoms with Crippen LogP contribution in [0.15, 0.2) is 211 Å². The van der Waals surface area contributed by atoms with E-state index in [2.05, 4.69) is 126 Å². The molecule has 0 unspecified atom stereocenters. The smallest absolute Gasteiger partial charge is 0.229 e. The van der Waals surface area contributed by atoms with Gasteiger partial charge in [0.2, 0.25) is 34.4 Å². The van der Waals surface area contributed by atoms with Crippen molar-refractivity contribution in [3.05, 3.63) is 234 Å². The normalized spacial score (nSPS) is 11.9. The molecule has 0 aliphatic carbocycles. The summed E-state index contributed by atoms with van der Waals surface area (Å²) in [5.41, 5.74) is 11.8. The minimum absolute atomic E-state index is 0.0116. The minimum Gasteiger partial charge on any atom is -0.390 e. The number of thioether (sulfide) groups is 2. The van der Waals surface area contributed by atoms with Gasteiger partial charge in [0.15, 0.2) is 21.1 Å². The summed E-state index contributed by atoms with van der Waals surface area (Å²) in [6.45, 7) is 6.33. The molecule has 1 aliphatic rings. The Balaban J connectivity index is 0.000000129. The number of aliphatic hydroxyl groups excluding tert-OH is 1. The number of hydrogen-bond acceptors (Lipinski definition) is 27. The first-order valence-corrected chi connectivity index (χ1v) is 39.2. The predicted molar refractivity (Wildman–Crippen MR) is 435 cm³/mol. The van der Waals surface area contributed by atoms with Gasteiger partial charge in [-0.3, -0.25) is 28.4 Å². The van der Waals surface area contributed by atoms with Gasteiger partial charge in [-0.1, -0.05) is 11.6 Å². The van der Waals surface area contributed by atoms with Crippen LogP contribution in [-0.4, -0.2) is 171 Å². The summed E-state index contributed by atoms with van der Waals surface area (Å²) in [4.78, 5) is 62.5. The number of carbonyl (C=O) groups excluding carboxylic acids is 1. The lowest BCUT2D eigenvalue weighted by Gasteiger charge is -2.35. The average molecular weight is 1610 g/mol. The van der Waals surface area contributed by atoms with Crippen molar-refractivity contribution in [1.29, 1.82) is 0 Å². The molecule has 1 fully saturated rings. The van der Waals surface area contributed by atoms with Gasteiger partial charge in [-0.15, -0.1) is 23.5 Å². The number of nitrogens with one attached hydrogen (secondary N) is 4. The summed E-state index contributed by atoms with van der Waals surface area (Å²) in [7, 11) is 4.29. The van der Waals surface area contributed by atoms with Crippen LogP contribution < -0.4 is 21.3 Å². The molecule has 17 rings (SSSR count). The summed E-state index contributed by atoms with van der Waals surface area (Å²) in [5, 5.41) is 45.9. The Labute approximate surface area is 660 Å². The fourth-order valence-corrected chi connectivity index (χ4v) is 12.9. The Morgan fingerprint density at radius 3 is 1.25 bits per heavy atom. The van der Waals surface area contributed by atoms with E-state index in [1.54, 1.807) is 77.5 Å². The van der Waals surface area contributed by atoms with Gasteiger partial charge in [0.25, 0.3) is 0 Å². The number of carbonyl (C=O) groups is 1. The number of likely N-dealkylation sites (tertiary alicyclic amines) is 1. The number of benzene rings is 4. The van der Waals surface area contributed by atoms with Gasteiger partial charge in [0, 0.05) is 166 Å². The molecule has 0 bridgehead atoms. The molecule has 5 N–H and O–H groups in total. The number of hydrogen-bond donors (Lipinski definition) is 5. The van der Waals surface area contributed by atoms with E-state index in [0.717, 1.165) is 120 Å². The molecule has 31 nitrogen and oxygen atoms in total. The van der Waals surface area contributed by atoms with Crippen LogP contribution in [0.4, 0.5) is 46.5 Å². The second-order valence-corrected chi connectivity index (χ2v) is 29.4. The van der Waals surface area contributed by atoms with Crippen molar-refractivity contribution in [3.8, 4) is 11.6 Å². The second-order valence-electron chi connectivity index (χ2n) is 24.7. The molecule has 111 heavy (non-hydrogen) atoms. The van der Waals surface area contributed by atoms with E-state index in [1.165, 1.54) is 29.6 Å². The quantitative estimate of drug-likeness (QED) is 0.0260. The van der Waals surface area contributed by atoms with Gasteiger partial charge in [0.1, 0.15) is 26.8 Å². The number of aryl methyl sites for hydroxylation is 6. The van der Waals surface area contributed by atoms with Gasteiger partial charge in [-0.2, -0.15) is 30.4 Å². The molecule has 1 aliphatic heterocycles. The molecule has 4 aromatic carbocycles. The zero-order valence-corrected chi connectivity index (χ0v) is 65.8. The first kappa shape index (κ1) is 78.7. The molecule has 0 atom stereocenters. The molecule has 566 valence electrons. The molecule has 1 saturated heterocycles. The number of aldehydes is 1. The number of β-amino-alcohol motifs (C(OH)–C–C–N with tert-alkyl or cyclic N) is 1. The van der Waals surface area contributed by atoms with E-state index < -0.39 is 9.84 Å². The van der Waals surface area contributed by atoms with E-state index in [-0.39, 0.29) is 22.4 Å². The first-order valence-electron chi connectivity index (χ1n) is 33.7. The van der Waals surface area contributed by atoms with Crippen LogP contribution in [0, 0.1) is 13.8 Å². The van der Waals surface area contributed by atoms with Crippen LogP contribution in [-0.2, 0) is 44.6 Å². The Kier molecular flexibility index (Phi) is 25.6. The van der Waals surface area contributed by atoms with Crippen molar-refractivity contribution in [2.24, 2.45) is 28.2 Å². The van der Waals surface area contributed by atoms with Crippen LogP contribution in [0.3, 0.4) is 0 Å². The molecular formula is C74H72Cl3N27O4S3. The average Bonchev–Trinajstić information content (AvgIpc) is 1.67. The number of sulfone groups is 1. The van der Waals surface area contributed by atoms with Gasteiger partial charge in [0.05, 0.1) is 53.0 Å². The van der Waals surface area contributed by atoms with E-state index in [1.807, 2.05) is 187 Å². The molecule has 0 amide bonds. The highest BCUT2D eigenvalue weighted by molar-refractivity contribution is 7.98. The van der Waals surface area contributed by atoms with Crippen LogP contribution >= 0.6 is 58.3 Å². The lowest BCUT2D eigenvalue weighted by atomic mass is 10.1. The second kappa shape index (κ2) is 36.1. The van der Waals surface area contributed by atoms with Crippen LogP contribution in [0.5, 0.6) is 0 Å². The van der Waals surface area contributed by atoms with Crippen molar-refractivity contribution < 1.29 is 18.3 Å². The Bertz CT molecular complexity index is 6030. The van der Waals surface area contributed by atoms with Gasteiger partial charge in [-0.05, 0) is 175 Å². The topological polar surface area (TPSA) is 359 Å². The zero-order valence-electron chi connectivity index (χ0n) is 61.1. The standard InChI is InChI=1S/C21H23N7O.C18H16N6O.C13H13N5O2S.C13H13N5S.C5H5ClN2S.C4H2Cl2N2/c1-14-9-28(11-16(14)10-27-12-18(29)13-27)20-5-6-22-21(25-20)24-17-3-4-19-15(7-17)8-23-26(19)2;1-12-9-24(10-14(12)11-25)17-5-6-19-18(22-17)21-15-3-4-16-13(7-15)8-20-23(16)2;1-18-11-4-3-10(7-9(11)8-15-18)16-13-14-6-5-12(17-13)21(2,19)20;1-18-11-4-3-10(7-9(11)8-15-18)16-13-14-6-5-12(17-13)19-2;1-9-4-2-3-7-5(6)8-4;5-3-1-2-7-4(6)8-3/h3-9,11,18,29H,10,12-13H2,1-2H3,(H,22,24,25);3-11H,1-2H3,(H,19,21,22);3-8H,1-2H3,(H,14,16,17);3-8H,1-2H3,(H,14,16,17);2-3H,1H3;1-2H. The molecule has 37 heteroatoms. The maximum Gasteiger partial charge on any atom is 0.229 e. The first-order chi connectivity index (χ1) is 53.5. The van der Waals surface area contributed by atoms with Crippen LogP contribution in [0.2, 0.25) is 15.7 Å². The van der Waals surface area contributed by atoms with E-state index in [9.17, 15) is 18.3 Å². The maximum atomic E-state index is 11.5. The van der Waals surface area contributed by atoms with Gasteiger partial charge in [-0.25, -0.2) is 58.3 Å².